The Morgan fingerprint density at radius 1 is 1.18 bits per heavy atom. The van der Waals surface area contributed by atoms with Gasteiger partial charge in [0, 0.05) is 56.1 Å². The molecule has 180 valence electrons. The van der Waals surface area contributed by atoms with Crippen LogP contribution in [0, 0.1) is 5.82 Å². The molecule has 2 aromatic rings. The second kappa shape index (κ2) is 8.35. The average molecular weight is 468 g/mol. The lowest BCUT2D eigenvalue weighted by Gasteiger charge is -2.41. The highest BCUT2D eigenvalue weighted by Gasteiger charge is 2.57. The molecule has 1 spiro atoms. The van der Waals surface area contributed by atoms with Crippen LogP contribution in [0.3, 0.4) is 0 Å². The van der Waals surface area contributed by atoms with E-state index >= 15 is 0 Å². The predicted molar refractivity (Wildman–Crippen MR) is 127 cm³/mol. The van der Waals surface area contributed by atoms with E-state index < -0.39 is 11.8 Å². The van der Waals surface area contributed by atoms with E-state index in [1.54, 1.807) is 12.3 Å². The van der Waals surface area contributed by atoms with Crippen LogP contribution in [0.4, 0.5) is 27.5 Å². The second-order valence-corrected chi connectivity index (χ2v) is 9.81. The van der Waals surface area contributed by atoms with Gasteiger partial charge in [-0.05, 0) is 31.0 Å². The summed E-state index contributed by atoms with van der Waals surface area (Å²) < 4.78 is 14.9. The fraction of sp³-hybridized carbons (Fsp3) is 0.542. The highest BCUT2D eigenvalue weighted by atomic mass is 19.1. The van der Waals surface area contributed by atoms with Crippen LogP contribution in [0.1, 0.15) is 37.7 Å². The Morgan fingerprint density at radius 3 is 2.68 bits per heavy atom. The van der Waals surface area contributed by atoms with E-state index in [0.717, 1.165) is 63.2 Å². The zero-order valence-electron chi connectivity index (χ0n) is 19.1. The lowest BCUT2D eigenvalue weighted by Crippen LogP contribution is -2.58. The molecule has 4 aliphatic rings. The summed E-state index contributed by atoms with van der Waals surface area (Å²) in [6.45, 7) is 3.24. The van der Waals surface area contributed by atoms with Crippen LogP contribution in [-0.4, -0.2) is 65.0 Å². The van der Waals surface area contributed by atoms with Crippen LogP contribution in [0.15, 0.2) is 24.4 Å². The van der Waals surface area contributed by atoms with Gasteiger partial charge in [0.1, 0.15) is 11.6 Å². The summed E-state index contributed by atoms with van der Waals surface area (Å²) in [5, 5.41) is 20.0. The first-order chi connectivity index (χ1) is 16.5. The molecule has 34 heavy (non-hydrogen) atoms. The molecule has 1 aromatic heterocycles. The van der Waals surface area contributed by atoms with Crippen LogP contribution in [0.2, 0.25) is 0 Å². The maximum absolute atomic E-state index is 14.9. The van der Waals surface area contributed by atoms with Crippen molar-refractivity contribution in [2.24, 2.45) is 0 Å². The van der Waals surface area contributed by atoms with Gasteiger partial charge in [0.15, 0.2) is 6.23 Å². The van der Waals surface area contributed by atoms with E-state index in [1.165, 1.54) is 6.07 Å². The molecular formula is C24H30FN7O2. The molecule has 2 unspecified atom stereocenters. The van der Waals surface area contributed by atoms with Gasteiger partial charge in [-0.2, -0.15) is 4.98 Å². The summed E-state index contributed by atoms with van der Waals surface area (Å²) in [4.78, 5) is 25.7. The van der Waals surface area contributed by atoms with Crippen LogP contribution < -0.4 is 25.8 Å². The minimum absolute atomic E-state index is 0.144. The number of aromatic nitrogens is 2. The molecule has 0 radical (unpaired) electrons. The highest BCUT2D eigenvalue weighted by molar-refractivity contribution is 5.83. The molecule has 4 N–H and O–H groups in total. The van der Waals surface area contributed by atoms with Crippen LogP contribution in [0.5, 0.6) is 0 Å². The van der Waals surface area contributed by atoms with Gasteiger partial charge in [-0.1, -0.05) is 12.8 Å². The van der Waals surface area contributed by atoms with Gasteiger partial charge in [-0.3, -0.25) is 4.79 Å². The van der Waals surface area contributed by atoms with E-state index in [1.807, 2.05) is 11.0 Å². The maximum Gasteiger partial charge on any atom is 0.229 e. The van der Waals surface area contributed by atoms with Gasteiger partial charge >= 0.3 is 0 Å². The Morgan fingerprint density at radius 2 is 1.97 bits per heavy atom. The number of nitrogens with one attached hydrogen (secondary N) is 3. The highest BCUT2D eigenvalue weighted by Crippen LogP contribution is 2.47. The van der Waals surface area contributed by atoms with Crippen molar-refractivity contribution >= 4 is 29.0 Å². The maximum atomic E-state index is 14.9. The third-order valence-electron chi connectivity index (χ3n) is 7.67. The summed E-state index contributed by atoms with van der Waals surface area (Å²) in [6, 6.07) is 5.34. The summed E-state index contributed by atoms with van der Waals surface area (Å²) in [7, 11) is 0. The quantitative estimate of drug-likeness (QED) is 0.538. The van der Waals surface area contributed by atoms with Crippen molar-refractivity contribution in [2.45, 2.75) is 56.3 Å². The number of hydrogen-bond acceptors (Lipinski definition) is 8. The molecular weight excluding hydrogens is 437 g/mol. The molecule has 1 aromatic carbocycles. The van der Waals surface area contributed by atoms with Gasteiger partial charge < -0.3 is 30.9 Å². The second-order valence-electron chi connectivity index (χ2n) is 9.81. The third kappa shape index (κ3) is 3.56. The third-order valence-corrected chi connectivity index (χ3v) is 7.67. The van der Waals surface area contributed by atoms with E-state index in [4.69, 9.17) is 4.98 Å². The number of halogens is 1. The van der Waals surface area contributed by atoms with E-state index in [9.17, 15) is 14.3 Å². The lowest BCUT2D eigenvalue weighted by atomic mass is 9.90. The molecule has 1 saturated carbocycles. The smallest absolute Gasteiger partial charge is 0.229 e. The minimum Gasteiger partial charge on any atom is -0.371 e. The fourth-order valence-corrected chi connectivity index (χ4v) is 6.08. The number of nitrogens with zero attached hydrogens (tertiary/aromatic N) is 4. The number of carbonyl (C=O) groups is 1. The number of piperazine rings is 1. The summed E-state index contributed by atoms with van der Waals surface area (Å²) in [6.07, 6.45) is 5.84. The van der Waals surface area contributed by atoms with Crippen LogP contribution >= 0.6 is 0 Å². The first-order valence-corrected chi connectivity index (χ1v) is 12.2. The molecule has 10 heteroatoms. The van der Waals surface area contributed by atoms with Crippen LogP contribution in [0.25, 0.3) is 0 Å². The number of anilines is 4. The van der Waals surface area contributed by atoms with E-state index in [-0.39, 0.29) is 24.2 Å². The zero-order chi connectivity index (χ0) is 23.3. The number of carbonyl (C=O) groups excluding carboxylic acids is 1. The lowest BCUT2D eigenvalue weighted by molar-refractivity contribution is -0.120. The van der Waals surface area contributed by atoms with Gasteiger partial charge in [-0.25, -0.2) is 9.37 Å². The number of amides is 1. The Balaban J connectivity index is 1.28. The Kier molecular flexibility index (Phi) is 5.29. The molecule has 3 aliphatic heterocycles. The molecule has 2 atom stereocenters. The Hall–Kier alpha value is -2.98. The van der Waals surface area contributed by atoms with Crippen molar-refractivity contribution < 1.29 is 14.3 Å². The number of hydrogen-bond donors (Lipinski definition) is 4. The SMILES string of the molecule is O=C1CC2(Cc3cnc(Nc4ccc(N5CCNCC5)c(F)c4)nc3N2C2CCCC2)C(O)N1. The Labute approximate surface area is 197 Å². The molecule has 9 nitrogen and oxygen atoms in total. The monoisotopic (exact) mass is 467 g/mol. The van der Waals surface area contributed by atoms with E-state index in [2.05, 4.69) is 25.8 Å². The molecule has 1 amide bonds. The number of fused-ring (bicyclic) bond motifs is 1. The average Bonchev–Trinajstić information content (AvgIpc) is 3.52. The Bertz CT molecular complexity index is 1100. The fourth-order valence-electron chi connectivity index (χ4n) is 6.08. The largest absolute Gasteiger partial charge is 0.371 e. The van der Waals surface area contributed by atoms with Gasteiger partial charge in [0.2, 0.25) is 11.9 Å². The van der Waals surface area contributed by atoms with Crippen molar-refractivity contribution in [3.05, 3.63) is 35.8 Å². The molecule has 6 rings (SSSR count). The predicted octanol–water partition coefficient (Wildman–Crippen LogP) is 1.65. The van der Waals surface area contributed by atoms with Gasteiger partial charge in [0.05, 0.1) is 17.6 Å². The van der Waals surface area contributed by atoms with Crippen molar-refractivity contribution in [1.82, 2.24) is 20.6 Å². The number of benzene rings is 1. The summed E-state index contributed by atoms with van der Waals surface area (Å²) >= 11 is 0. The number of aliphatic hydroxyl groups excluding tert-OH is 1. The van der Waals surface area contributed by atoms with Gasteiger partial charge in [-0.15, -0.1) is 0 Å². The topological polar surface area (TPSA) is 106 Å². The van der Waals surface area contributed by atoms with Crippen molar-refractivity contribution in [2.75, 3.05) is 41.3 Å². The molecule has 1 aliphatic carbocycles. The molecule has 0 bridgehead atoms. The normalized spacial score (nSPS) is 26.9. The molecule has 4 heterocycles. The summed E-state index contributed by atoms with van der Waals surface area (Å²) in [5.74, 6) is 0.714. The van der Waals surface area contributed by atoms with Gasteiger partial charge in [0.25, 0.3) is 0 Å². The van der Waals surface area contributed by atoms with Crippen molar-refractivity contribution in [1.29, 1.82) is 0 Å². The van der Waals surface area contributed by atoms with Crippen molar-refractivity contribution in [3.8, 4) is 0 Å². The first-order valence-electron chi connectivity index (χ1n) is 12.2. The molecule has 2 saturated heterocycles. The first kappa shape index (κ1) is 21.5. The minimum atomic E-state index is -0.946. The van der Waals surface area contributed by atoms with E-state index in [0.29, 0.717) is 23.7 Å². The standard InChI is InChI=1S/C24H30FN7O2/c25-18-11-16(5-6-19(18)31-9-7-26-8-10-31)28-23-27-14-15-12-24(13-20(33)29-22(24)34)32(21(15)30-23)17-3-1-2-4-17/h5-6,11,14,17,22,26,34H,1-4,7-10,12-13H2,(H,29,33)(H,27,28,30). The van der Waals surface area contributed by atoms with Crippen LogP contribution in [-0.2, 0) is 11.2 Å². The zero-order valence-corrected chi connectivity index (χ0v) is 19.1. The van der Waals surface area contributed by atoms with Crippen molar-refractivity contribution in [3.63, 3.8) is 0 Å². The summed E-state index contributed by atoms with van der Waals surface area (Å²) in [5.41, 5.74) is 1.38. The molecule has 3 fully saturated rings. The number of aliphatic hydroxyl groups is 1. The number of rotatable bonds is 4.